The lowest BCUT2D eigenvalue weighted by atomic mass is 10.0. The van der Waals surface area contributed by atoms with Crippen molar-refractivity contribution in [1.82, 2.24) is 14.9 Å². The highest BCUT2D eigenvalue weighted by Crippen LogP contribution is 2.40. The summed E-state index contributed by atoms with van der Waals surface area (Å²) in [7, 11) is -1.87. The van der Waals surface area contributed by atoms with Crippen LogP contribution in [0.1, 0.15) is 18.4 Å². The molecule has 0 saturated carbocycles. The summed E-state index contributed by atoms with van der Waals surface area (Å²) in [5, 5.41) is 6.52. The summed E-state index contributed by atoms with van der Waals surface area (Å²) in [5.41, 5.74) is 3.63. The van der Waals surface area contributed by atoms with Crippen LogP contribution in [0.3, 0.4) is 0 Å². The first kappa shape index (κ1) is 31.1. The SMILES string of the molecule is COc1cc(N2CCC(N3CCOCC3)CC2)c(Br)cc1Nc1ncc(Br)c(Nc2cc3c(cc2NS(C)(=O)=O)CCO3)n1. The molecule has 0 unspecified atom stereocenters. The number of methoxy groups -OCH3 is 1. The van der Waals surface area contributed by atoms with Crippen molar-refractivity contribution in [3.8, 4) is 11.5 Å². The predicted octanol–water partition coefficient (Wildman–Crippen LogP) is 5.10. The molecule has 4 heterocycles. The maximum absolute atomic E-state index is 12.1. The summed E-state index contributed by atoms with van der Waals surface area (Å²) in [6.45, 7) is 6.14. The molecule has 3 aliphatic rings. The van der Waals surface area contributed by atoms with E-state index in [1.807, 2.05) is 12.1 Å². The number of hydrogen-bond acceptors (Lipinski definition) is 11. The Bertz CT molecular complexity index is 1630. The maximum atomic E-state index is 12.1. The van der Waals surface area contributed by atoms with Gasteiger partial charge in [-0.1, -0.05) is 0 Å². The Morgan fingerprint density at radius 1 is 0.955 bits per heavy atom. The molecule has 0 bridgehead atoms. The van der Waals surface area contributed by atoms with Crippen LogP contribution in [-0.4, -0.2) is 88.7 Å². The normalized spacial score (nSPS) is 17.6. The molecule has 236 valence electrons. The molecule has 3 N–H and O–H groups in total. The molecule has 1 aromatic heterocycles. The molecule has 0 radical (unpaired) electrons. The summed E-state index contributed by atoms with van der Waals surface area (Å²) >= 11 is 7.30. The largest absolute Gasteiger partial charge is 0.494 e. The van der Waals surface area contributed by atoms with Crippen molar-refractivity contribution in [2.75, 3.05) is 79.6 Å². The molecule has 0 spiro atoms. The molecule has 3 aliphatic heterocycles. The van der Waals surface area contributed by atoms with Gasteiger partial charge in [-0.15, -0.1) is 0 Å². The van der Waals surface area contributed by atoms with E-state index in [2.05, 4.69) is 67.0 Å². The highest BCUT2D eigenvalue weighted by molar-refractivity contribution is 9.11. The van der Waals surface area contributed by atoms with Gasteiger partial charge >= 0.3 is 0 Å². The van der Waals surface area contributed by atoms with Crippen molar-refractivity contribution in [3.63, 3.8) is 0 Å². The first-order valence-corrected chi connectivity index (χ1v) is 17.9. The van der Waals surface area contributed by atoms with Crippen LogP contribution in [0.25, 0.3) is 0 Å². The number of fused-ring (bicyclic) bond motifs is 1. The monoisotopic (exact) mass is 751 g/mol. The summed E-state index contributed by atoms with van der Waals surface area (Å²) in [4.78, 5) is 14.1. The van der Waals surface area contributed by atoms with Crippen LogP contribution in [0.4, 0.5) is 34.5 Å². The fourth-order valence-electron chi connectivity index (χ4n) is 5.84. The highest BCUT2D eigenvalue weighted by atomic mass is 79.9. The highest BCUT2D eigenvalue weighted by Gasteiger charge is 2.27. The zero-order chi connectivity index (χ0) is 30.8. The van der Waals surface area contributed by atoms with E-state index in [0.717, 1.165) is 74.2 Å². The van der Waals surface area contributed by atoms with Gasteiger partial charge in [0, 0.05) is 61.4 Å². The van der Waals surface area contributed by atoms with Crippen LogP contribution in [0.15, 0.2) is 39.4 Å². The number of sulfonamides is 1. The fourth-order valence-corrected chi connectivity index (χ4v) is 7.29. The van der Waals surface area contributed by atoms with Crippen molar-refractivity contribution >= 4 is 76.4 Å². The minimum absolute atomic E-state index is 0.329. The average Bonchev–Trinajstić information content (AvgIpc) is 3.46. The van der Waals surface area contributed by atoms with E-state index < -0.39 is 10.0 Å². The Morgan fingerprint density at radius 2 is 1.73 bits per heavy atom. The molecule has 0 atom stereocenters. The molecule has 2 saturated heterocycles. The number of rotatable bonds is 9. The minimum atomic E-state index is -3.52. The molecule has 2 fully saturated rings. The molecule has 0 aliphatic carbocycles. The Hall–Kier alpha value is -2.85. The number of nitrogens with zero attached hydrogens (tertiary/aromatic N) is 4. The van der Waals surface area contributed by atoms with E-state index in [1.165, 1.54) is 0 Å². The number of morpholine rings is 1. The van der Waals surface area contributed by atoms with Gasteiger partial charge in [0.2, 0.25) is 16.0 Å². The Morgan fingerprint density at radius 3 is 2.45 bits per heavy atom. The molecule has 6 rings (SSSR count). The zero-order valence-electron chi connectivity index (χ0n) is 24.5. The van der Waals surface area contributed by atoms with E-state index in [1.54, 1.807) is 25.4 Å². The fraction of sp³-hybridized carbons (Fsp3) is 0.448. The van der Waals surface area contributed by atoms with Crippen molar-refractivity contribution in [1.29, 1.82) is 0 Å². The van der Waals surface area contributed by atoms with Crippen LogP contribution in [0, 0.1) is 0 Å². The van der Waals surface area contributed by atoms with E-state index in [9.17, 15) is 8.42 Å². The van der Waals surface area contributed by atoms with Gasteiger partial charge in [-0.25, -0.2) is 13.4 Å². The molecule has 12 nitrogen and oxygen atoms in total. The second-order valence-electron chi connectivity index (χ2n) is 11.0. The van der Waals surface area contributed by atoms with Crippen molar-refractivity contribution in [3.05, 3.63) is 45.0 Å². The number of halogens is 2. The number of aromatic nitrogens is 2. The van der Waals surface area contributed by atoms with Crippen molar-refractivity contribution in [2.45, 2.75) is 25.3 Å². The van der Waals surface area contributed by atoms with E-state index in [0.29, 0.717) is 63.9 Å². The molecular formula is C29H35Br2N7O5S. The lowest BCUT2D eigenvalue weighted by Gasteiger charge is -2.41. The van der Waals surface area contributed by atoms with Crippen LogP contribution in [0.2, 0.25) is 0 Å². The molecule has 44 heavy (non-hydrogen) atoms. The lowest BCUT2D eigenvalue weighted by Crippen LogP contribution is -2.49. The first-order chi connectivity index (χ1) is 21.2. The van der Waals surface area contributed by atoms with Gasteiger partial charge in [0.25, 0.3) is 0 Å². The average molecular weight is 754 g/mol. The van der Waals surface area contributed by atoms with Gasteiger partial charge in [0.1, 0.15) is 17.3 Å². The predicted molar refractivity (Wildman–Crippen MR) is 179 cm³/mol. The Kier molecular flexibility index (Phi) is 9.38. The Labute approximate surface area is 274 Å². The van der Waals surface area contributed by atoms with E-state index in [-0.39, 0.29) is 0 Å². The smallest absolute Gasteiger partial charge is 0.229 e. The number of hydrogen-bond donors (Lipinski definition) is 3. The van der Waals surface area contributed by atoms with Gasteiger partial charge < -0.3 is 29.7 Å². The third-order valence-corrected chi connectivity index (χ3v) is 9.81. The zero-order valence-corrected chi connectivity index (χ0v) is 28.5. The van der Waals surface area contributed by atoms with Crippen LogP contribution in [0.5, 0.6) is 11.5 Å². The van der Waals surface area contributed by atoms with Gasteiger partial charge in [0.15, 0.2) is 0 Å². The summed E-state index contributed by atoms with van der Waals surface area (Å²) in [6, 6.07) is 8.17. The van der Waals surface area contributed by atoms with Gasteiger partial charge in [-0.2, -0.15) is 4.98 Å². The van der Waals surface area contributed by atoms with Gasteiger partial charge in [-0.3, -0.25) is 9.62 Å². The van der Waals surface area contributed by atoms with Crippen molar-refractivity contribution < 1.29 is 22.6 Å². The van der Waals surface area contributed by atoms with E-state index >= 15 is 0 Å². The first-order valence-electron chi connectivity index (χ1n) is 14.5. The third-order valence-electron chi connectivity index (χ3n) is 8.00. The van der Waals surface area contributed by atoms with Crippen LogP contribution in [-0.2, 0) is 21.2 Å². The molecular weight excluding hydrogens is 718 g/mol. The minimum Gasteiger partial charge on any atom is -0.494 e. The molecule has 3 aromatic rings. The van der Waals surface area contributed by atoms with Crippen LogP contribution >= 0.6 is 31.9 Å². The lowest BCUT2D eigenvalue weighted by molar-refractivity contribution is 0.0115. The second kappa shape index (κ2) is 13.3. The second-order valence-corrected chi connectivity index (χ2v) is 14.4. The maximum Gasteiger partial charge on any atom is 0.229 e. The summed E-state index contributed by atoms with van der Waals surface area (Å²) in [6.07, 6.45) is 5.67. The van der Waals surface area contributed by atoms with Crippen LogP contribution < -0.4 is 29.7 Å². The number of ether oxygens (including phenoxy) is 3. The standard InChI is InChI=1S/C29H35Br2N7O5S/c1-41-27-16-25(38-6-3-19(4-7-38)37-8-11-42-12-9-37)20(30)14-24(27)34-29-32-17-21(31)28(35-29)33-22-15-26-18(5-10-43-26)13-23(22)36-44(2,39)40/h13-17,19,36H,3-12H2,1-2H3,(H2,32,33,34,35). The van der Waals surface area contributed by atoms with E-state index in [4.69, 9.17) is 14.2 Å². The van der Waals surface area contributed by atoms with Gasteiger partial charge in [-0.05, 0) is 62.4 Å². The van der Waals surface area contributed by atoms with Crippen molar-refractivity contribution in [2.24, 2.45) is 0 Å². The summed E-state index contributed by atoms with van der Waals surface area (Å²) in [5.74, 6) is 2.13. The molecule has 15 heteroatoms. The molecule has 2 aromatic carbocycles. The van der Waals surface area contributed by atoms with Gasteiger partial charge in [0.05, 0.1) is 60.4 Å². The third kappa shape index (κ3) is 7.17. The topological polar surface area (TPSA) is 130 Å². The number of benzene rings is 2. The number of nitrogens with one attached hydrogen (secondary N) is 3. The quantitative estimate of drug-likeness (QED) is 0.270. The molecule has 0 amide bonds. The summed E-state index contributed by atoms with van der Waals surface area (Å²) < 4.78 is 45.3. The number of piperidine rings is 1. The Balaban J connectivity index is 1.20. The number of anilines is 6.